The Morgan fingerprint density at radius 2 is 2.00 bits per heavy atom. The summed E-state index contributed by atoms with van der Waals surface area (Å²) in [5.41, 5.74) is 2.18. The van der Waals surface area contributed by atoms with Crippen molar-refractivity contribution in [2.75, 3.05) is 12.4 Å². The van der Waals surface area contributed by atoms with Crippen LogP contribution in [0, 0.1) is 12.8 Å². The molecule has 1 fully saturated rings. The minimum atomic E-state index is -0.232. The molecule has 3 nitrogen and oxygen atoms in total. The zero-order valence-electron chi connectivity index (χ0n) is 12.5. The molecular weight excluding hydrogens is 250 g/mol. The minimum absolute atomic E-state index is 0.154. The predicted molar refractivity (Wildman–Crippen MR) is 81.8 cm³/mol. The molecule has 0 radical (unpaired) electrons. The van der Waals surface area contributed by atoms with E-state index in [1.807, 2.05) is 18.2 Å². The van der Waals surface area contributed by atoms with Crippen LogP contribution in [0.1, 0.15) is 44.1 Å². The van der Waals surface area contributed by atoms with Crippen LogP contribution in [-0.4, -0.2) is 19.1 Å². The monoisotopic (exact) mass is 275 g/mol. The number of methoxy groups -OCH3 is 1. The van der Waals surface area contributed by atoms with Crippen LogP contribution >= 0.6 is 0 Å². The molecule has 1 N–H and O–H groups in total. The first-order chi connectivity index (χ1) is 9.70. The van der Waals surface area contributed by atoms with Gasteiger partial charge in [-0.05, 0) is 30.9 Å². The van der Waals surface area contributed by atoms with Crippen molar-refractivity contribution < 1.29 is 9.53 Å². The van der Waals surface area contributed by atoms with E-state index in [1.165, 1.54) is 39.2 Å². The highest BCUT2D eigenvalue weighted by Gasteiger charge is 2.25. The maximum atomic E-state index is 12.0. The summed E-state index contributed by atoms with van der Waals surface area (Å²) in [7, 11) is 1.47. The van der Waals surface area contributed by atoms with E-state index in [0.717, 1.165) is 17.7 Å². The lowest BCUT2D eigenvalue weighted by Crippen LogP contribution is -2.33. The van der Waals surface area contributed by atoms with E-state index in [9.17, 15) is 4.79 Å². The van der Waals surface area contributed by atoms with E-state index in [4.69, 9.17) is 4.74 Å². The highest BCUT2D eigenvalue weighted by atomic mass is 16.5. The molecule has 2 rings (SSSR count). The lowest BCUT2D eigenvalue weighted by molar-refractivity contribution is -0.142. The summed E-state index contributed by atoms with van der Waals surface area (Å²) in [4.78, 5) is 12.0. The number of aryl methyl sites for hydroxylation is 1. The average molecular weight is 275 g/mol. The Bertz CT molecular complexity index is 438. The summed E-state index contributed by atoms with van der Waals surface area (Å²) in [6, 6.07) is 7.84. The molecule has 3 heteroatoms. The summed E-state index contributed by atoms with van der Waals surface area (Å²) in [6.45, 7) is 2.05. The molecule has 0 bridgehead atoms. The molecule has 0 aliphatic heterocycles. The molecule has 20 heavy (non-hydrogen) atoms. The number of carbonyl (C=O) groups excluding carboxylic acids is 1. The first-order valence-corrected chi connectivity index (χ1v) is 7.60. The van der Waals surface area contributed by atoms with Gasteiger partial charge in [-0.3, -0.25) is 0 Å². The molecule has 0 heterocycles. The number of para-hydroxylation sites is 1. The maximum absolute atomic E-state index is 12.0. The van der Waals surface area contributed by atoms with E-state index in [2.05, 4.69) is 18.3 Å². The quantitative estimate of drug-likeness (QED) is 0.828. The lowest BCUT2D eigenvalue weighted by Gasteiger charge is -2.26. The summed E-state index contributed by atoms with van der Waals surface area (Å²) in [6.07, 6.45) is 7.28. The second-order valence-corrected chi connectivity index (χ2v) is 5.77. The van der Waals surface area contributed by atoms with Crippen molar-refractivity contribution in [2.24, 2.45) is 5.92 Å². The summed E-state index contributed by atoms with van der Waals surface area (Å²) in [5, 5.41) is 3.37. The Morgan fingerprint density at radius 3 is 2.65 bits per heavy atom. The Kier molecular flexibility index (Phi) is 5.45. The average Bonchev–Trinajstić information content (AvgIpc) is 2.49. The third-order valence-electron chi connectivity index (χ3n) is 4.25. The number of nitrogens with one attached hydrogen (secondary N) is 1. The molecule has 1 unspecified atom stereocenters. The van der Waals surface area contributed by atoms with Gasteiger partial charge in [0.05, 0.1) is 7.11 Å². The van der Waals surface area contributed by atoms with E-state index in [0.29, 0.717) is 5.92 Å². The largest absolute Gasteiger partial charge is 0.467 e. The van der Waals surface area contributed by atoms with Crippen LogP contribution in [0.5, 0.6) is 0 Å². The summed E-state index contributed by atoms with van der Waals surface area (Å²) in [5.74, 6) is 0.489. The molecule has 1 aliphatic carbocycles. The van der Waals surface area contributed by atoms with Gasteiger partial charge in [0, 0.05) is 5.69 Å². The van der Waals surface area contributed by atoms with Gasteiger partial charge in [0.15, 0.2) is 0 Å². The molecule has 110 valence electrons. The Balaban J connectivity index is 2.03. The molecule has 0 spiro atoms. The van der Waals surface area contributed by atoms with Crippen LogP contribution in [-0.2, 0) is 9.53 Å². The first kappa shape index (κ1) is 14.9. The molecule has 0 amide bonds. The molecule has 0 aromatic heterocycles. The van der Waals surface area contributed by atoms with Crippen molar-refractivity contribution in [2.45, 2.75) is 51.5 Å². The van der Waals surface area contributed by atoms with Crippen LogP contribution in [0.25, 0.3) is 0 Å². The summed E-state index contributed by atoms with van der Waals surface area (Å²) >= 11 is 0. The number of anilines is 1. The number of benzene rings is 1. The predicted octanol–water partition coefficient (Wildman–Crippen LogP) is 3.92. The Labute approximate surface area is 121 Å². The highest BCUT2D eigenvalue weighted by molar-refractivity contribution is 5.79. The van der Waals surface area contributed by atoms with Crippen LogP contribution in [0.4, 0.5) is 5.69 Å². The van der Waals surface area contributed by atoms with Crippen molar-refractivity contribution in [3.8, 4) is 0 Å². The highest BCUT2D eigenvalue weighted by Crippen LogP contribution is 2.28. The van der Waals surface area contributed by atoms with Crippen molar-refractivity contribution in [3.63, 3.8) is 0 Å². The Morgan fingerprint density at radius 1 is 1.30 bits per heavy atom. The van der Waals surface area contributed by atoms with Gasteiger partial charge in [0.25, 0.3) is 0 Å². The first-order valence-electron chi connectivity index (χ1n) is 7.60. The second kappa shape index (κ2) is 7.32. The molecule has 1 aromatic carbocycles. The van der Waals surface area contributed by atoms with Crippen molar-refractivity contribution in [1.82, 2.24) is 0 Å². The van der Waals surface area contributed by atoms with E-state index in [-0.39, 0.29) is 12.0 Å². The standard InChI is InChI=1S/C17H25NO2/c1-13-8-6-7-11-15(13)18-16(17(19)20-2)12-14-9-4-3-5-10-14/h6-8,11,14,16,18H,3-5,9-10,12H2,1-2H3. The smallest absolute Gasteiger partial charge is 0.328 e. The number of rotatable bonds is 5. The fraction of sp³-hybridized carbons (Fsp3) is 0.588. The number of ether oxygens (including phenoxy) is 1. The van der Waals surface area contributed by atoms with Crippen LogP contribution < -0.4 is 5.32 Å². The third kappa shape index (κ3) is 3.99. The third-order valence-corrected chi connectivity index (χ3v) is 4.25. The van der Waals surface area contributed by atoms with Crippen LogP contribution in [0.15, 0.2) is 24.3 Å². The zero-order chi connectivity index (χ0) is 14.4. The van der Waals surface area contributed by atoms with Gasteiger partial charge in [-0.1, -0.05) is 50.3 Å². The minimum Gasteiger partial charge on any atom is -0.467 e. The van der Waals surface area contributed by atoms with Crippen molar-refractivity contribution in [1.29, 1.82) is 0 Å². The zero-order valence-corrected chi connectivity index (χ0v) is 12.5. The molecule has 0 saturated heterocycles. The van der Waals surface area contributed by atoms with Crippen LogP contribution in [0.3, 0.4) is 0 Å². The SMILES string of the molecule is COC(=O)C(CC1CCCCC1)Nc1ccccc1C. The normalized spacial score (nSPS) is 17.5. The van der Waals surface area contributed by atoms with Gasteiger partial charge in [0.1, 0.15) is 6.04 Å². The van der Waals surface area contributed by atoms with Crippen molar-refractivity contribution >= 4 is 11.7 Å². The fourth-order valence-electron chi connectivity index (χ4n) is 3.04. The van der Waals surface area contributed by atoms with E-state index in [1.54, 1.807) is 0 Å². The van der Waals surface area contributed by atoms with Gasteiger partial charge >= 0.3 is 5.97 Å². The topological polar surface area (TPSA) is 38.3 Å². The number of carbonyl (C=O) groups is 1. The lowest BCUT2D eigenvalue weighted by atomic mass is 9.84. The number of hydrogen-bond acceptors (Lipinski definition) is 3. The molecular formula is C17H25NO2. The van der Waals surface area contributed by atoms with Gasteiger partial charge in [-0.15, -0.1) is 0 Å². The molecule has 1 aliphatic rings. The molecule has 1 saturated carbocycles. The van der Waals surface area contributed by atoms with Gasteiger partial charge in [-0.25, -0.2) is 4.79 Å². The molecule has 1 atom stereocenters. The number of hydrogen-bond donors (Lipinski definition) is 1. The summed E-state index contributed by atoms with van der Waals surface area (Å²) < 4.78 is 4.96. The van der Waals surface area contributed by atoms with Gasteiger partial charge in [0.2, 0.25) is 0 Å². The Hall–Kier alpha value is -1.51. The fourth-order valence-corrected chi connectivity index (χ4v) is 3.04. The maximum Gasteiger partial charge on any atom is 0.328 e. The van der Waals surface area contributed by atoms with E-state index >= 15 is 0 Å². The van der Waals surface area contributed by atoms with Crippen LogP contribution in [0.2, 0.25) is 0 Å². The van der Waals surface area contributed by atoms with E-state index < -0.39 is 0 Å². The second-order valence-electron chi connectivity index (χ2n) is 5.77. The number of esters is 1. The van der Waals surface area contributed by atoms with Gasteiger partial charge in [-0.2, -0.15) is 0 Å². The molecule has 1 aromatic rings. The van der Waals surface area contributed by atoms with Crippen molar-refractivity contribution in [3.05, 3.63) is 29.8 Å². The van der Waals surface area contributed by atoms with Gasteiger partial charge < -0.3 is 10.1 Å².